The van der Waals surface area contributed by atoms with Crippen LogP contribution in [0.15, 0.2) is 48.5 Å². The third-order valence-electron chi connectivity index (χ3n) is 5.23. The van der Waals surface area contributed by atoms with Crippen molar-refractivity contribution >= 4 is 11.7 Å². The van der Waals surface area contributed by atoms with Crippen molar-refractivity contribution in [1.82, 2.24) is 0 Å². The lowest BCUT2D eigenvalue weighted by molar-refractivity contribution is -0.903. The summed E-state index contributed by atoms with van der Waals surface area (Å²) in [5, 5.41) is 10.4. The molecule has 2 aromatic rings. The van der Waals surface area contributed by atoms with Gasteiger partial charge in [0.1, 0.15) is 30.8 Å². The average Bonchev–Trinajstić information content (AvgIpc) is 2.78. The van der Waals surface area contributed by atoms with Crippen molar-refractivity contribution < 1.29 is 29.0 Å². The zero-order valence-corrected chi connectivity index (χ0v) is 17.7. The molecule has 1 heterocycles. The minimum atomic E-state index is -0.553. The molecule has 0 radical (unpaired) electrons. The number of para-hydroxylation sites is 2. The molecule has 0 amide bonds. The number of carbonyl (C=O) groups is 1. The fraction of sp³-hybridized carbons (Fsp3) is 0.435. The number of carbonyl (C=O) groups excluding carboxylic acids is 1. The Morgan fingerprint density at radius 3 is 2.50 bits per heavy atom. The molecular weight excluding hydrogens is 384 g/mol. The van der Waals surface area contributed by atoms with Crippen LogP contribution in [0, 0.1) is 0 Å². The summed E-state index contributed by atoms with van der Waals surface area (Å²) in [6.07, 6.45) is -0.553. The van der Waals surface area contributed by atoms with Crippen molar-refractivity contribution in [2.45, 2.75) is 13.0 Å². The van der Waals surface area contributed by atoms with E-state index in [9.17, 15) is 9.90 Å². The Labute approximate surface area is 177 Å². The van der Waals surface area contributed by atoms with Gasteiger partial charge in [0.2, 0.25) is 0 Å². The Kier molecular flexibility index (Phi) is 7.93. The number of aliphatic hydroxyl groups is 1. The van der Waals surface area contributed by atoms with Gasteiger partial charge in [-0.25, -0.2) is 4.79 Å². The smallest absolute Gasteiger partial charge is 0.338 e. The number of hydrogen-bond donors (Lipinski definition) is 2. The molecule has 1 aliphatic heterocycles. The number of piperazine rings is 1. The molecule has 7 nitrogen and oxygen atoms in total. The molecule has 1 saturated heterocycles. The number of methoxy groups -OCH3 is 1. The molecule has 0 aromatic heterocycles. The van der Waals surface area contributed by atoms with Crippen molar-refractivity contribution in [2.75, 3.05) is 57.9 Å². The van der Waals surface area contributed by atoms with Crippen molar-refractivity contribution in [3.05, 3.63) is 54.1 Å². The minimum Gasteiger partial charge on any atom is -0.495 e. The second-order valence-corrected chi connectivity index (χ2v) is 7.32. The third kappa shape index (κ3) is 5.87. The van der Waals surface area contributed by atoms with Gasteiger partial charge >= 0.3 is 5.97 Å². The van der Waals surface area contributed by atoms with Gasteiger partial charge in [-0.2, -0.15) is 0 Å². The van der Waals surface area contributed by atoms with Crippen molar-refractivity contribution in [2.24, 2.45) is 0 Å². The van der Waals surface area contributed by atoms with Crippen LogP contribution in [0.2, 0.25) is 0 Å². The number of hydrogen-bond acceptors (Lipinski definition) is 6. The third-order valence-corrected chi connectivity index (χ3v) is 5.23. The molecule has 0 spiro atoms. The summed E-state index contributed by atoms with van der Waals surface area (Å²) in [5.41, 5.74) is 1.61. The molecule has 7 heteroatoms. The van der Waals surface area contributed by atoms with E-state index in [0.29, 0.717) is 24.5 Å². The maximum atomic E-state index is 11.7. The highest BCUT2D eigenvalue weighted by molar-refractivity contribution is 5.89. The summed E-state index contributed by atoms with van der Waals surface area (Å²) in [6.45, 7) is 6.71. The fourth-order valence-corrected chi connectivity index (χ4v) is 3.65. The Hall–Kier alpha value is -2.77. The van der Waals surface area contributed by atoms with Gasteiger partial charge < -0.3 is 29.1 Å². The topological polar surface area (TPSA) is 72.7 Å². The van der Waals surface area contributed by atoms with Gasteiger partial charge in [0.15, 0.2) is 0 Å². The Balaban J connectivity index is 1.42. The van der Waals surface area contributed by atoms with E-state index in [1.165, 1.54) is 4.90 Å². The van der Waals surface area contributed by atoms with E-state index in [4.69, 9.17) is 14.2 Å². The first kappa shape index (κ1) is 21.9. The quantitative estimate of drug-likeness (QED) is 0.596. The van der Waals surface area contributed by atoms with E-state index in [-0.39, 0.29) is 12.6 Å². The van der Waals surface area contributed by atoms with E-state index in [2.05, 4.69) is 11.0 Å². The highest BCUT2D eigenvalue weighted by Crippen LogP contribution is 2.27. The van der Waals surface area contributed by atoms with Gasteiger partial charge in [-0.15, -0.1) is 0 Å². The first-order valence-electron chi connectivity index (χ1n) is 10.4. The molecule has 1 fully saturated rings. The average molecular weight is 416 g/mol. The number of nitrogens with zero attached hydrogens (tertiary/aromatic N) is 1. The lowest BCUT2D eigenvalue weighted by Crippen LogP contribution is -3.16. The van der Waals surface area contributed by atoms with Crippen LogP contribution in [-0.4, -0.2) is 70.2 Å². The summed E-state index contributed by atoms with van der Waals surface area (Å²) in [6, 6.07) is 14.8. The van der Waals surface area contributed by atoms with Crippen LogP contribution in [0.25, 0.3) is 0 Å². The van der Waals surface area contributed by atoms with Gasteiger partial charge in [0.05, 0.1) is 51.1 Å². The first-order valence-corrected chi connectivity index (χ1v) is 10.4. The molecule has 0 saturated carbocycles. The number of nitrogens with one attached hydrogen (secondary N) is 1. The molecule has 30 heavy (non-hydrogen) atoms. The minimum absolute atomic E-state index is 0.221. The molecule has 2 aromatic carbocycles. The van der Waals surface area contributed by atoms with E-state index in [1.54, 1.807) is 38.3 Å². The maximum absolute atomic E-state index is 11.7. The molecule has 1 atom stereocenters. The Bertz CT molecular complexity index is 803. The van der Waals surface area contributed by atoms with Gasteiger partial charge in [-0.1, -0.05) is 12.1 Å². The second kappa shape index (κ2) is 10.8. The van der Waals surface area contributed by atoms with E-state index >= 15 is 0 Å². The van der Waals surface area contributed by atoms with Crippen LogP contribution in [0.1, 0.15) is 17.3 Å². The maximum Gasteiger partial charge on any atom is 0.338 e. The number of anilines is 1. The second-order valence-electron chi connectivity index (χ2n) is 7.32. The number of quaternary nitrogens is 1. The highest BCUT2D eigenvalue weighted by atomic mass is 16.5. The van der Waals surface area contributed by atoms with Crippen LogP contribution in [0.4, 0.5) is 5.69 Å². The van der Waals surface area contributed by atoms with Gasteiger partial charge in [0.25, 0.3) is 0 Å². The molecule has 3 rings (SSSR count). The molecule has 0 aliphatic carbocycles. The van der Waals surface area contributed by atoms with Gasteiger partial charge in [0, 0.05) is 0 Å². The summed E-state index contributed by atoms with van der Waals surface area (Å²) in [5.74, 6) is 1.17. The zero-order valence-electron chi connectivity index (χ0n) is 17.7. The van der Waals surface area contributed by atoms with Crippen LogP contribution >= 0.6 is 0 Å². The van der Waals surface area contributed by atoms with Crippen LogP contribution < -0.4 is 19.3 Å². The summed E-state index contributed by atoms with van der Waals surface area (Å²) in [4.78, 5) is 15.4. The number of esters is 1. The predicted molar refractivity (Wildman–Crippen MR) is 115 cm³/mol. The van der Waals surface area contributed by atoms with E-state index in [0.717, 1.165) is 37.6 Å². The molecule has 0 unspecified atom stereocenters. The van der Waals surface area contributed by atoms with Crippen molar-refractivity contribution in [1.29, 1.82) is 0 Å². The summed E-state index contributed by atoms with van der Waals surface area (Å²) in [7, 11) is 1.70. The molecule has 2 N–H and O–H groups in total. The number of benzene rings is 2. The monoisotopic (exact) mass is 415 g/mol. The highest BCUT2D eigenvalue weighted by Gasteiger charge is 2.24. The number of ether oxygens (including phenoxy) is 3. The van der Waals surface area contributed by atoms with Gasteiger partial charge in [-0.05, 0) is 43.3 Å². The summed E-state index contributed by atoms with van der Waals surface area (Å²) >= 11 is 0. The van der Waals surface area contributed by atoms with Crippen molar-refractivity contribution in [3.63, 3.8) is 0 Å². The normalized spacial score (nSPS) is 15.5. The fourth-order valence-electron chi connectivity index (χ4n) is 3.65. The van der Waals surface area contributed by atoms with Crippen molar-refractivity contribution in [3.8, 4) is 11.5 Å². The SMILES string of the molecule is CCOC(=O)c1ccc(OC[C@H](O)C[NH+]2CCN(c3ccccc3OC)CC2)cc1. The lowest BCUT2D eigenvalue weighted by atomic mass is 10.2. The molecule has 162 valence electrons. The summed E-state index contributed by atoms with van der Waals surface area (Å²) < 4.78 is 16.1. The van der Waals surface area contributed by atoms with Crippen LogP contribution in [0.5, 0.6) is 11.5 Å². The standard InChI is InChI=1S/C23H30N2O5/c1-3-29-23(27)18-8-10-20(11-9-18)30-17-19(26)16-24-12-14-25(15-13-24)21-6-4-5-7-22(21)28-2/h4-11,19,26H,3,12-17H2,1-2H3/p+1/t19-/m1/s1. The van der Waals surface area contributed by atoms with E-state index < -0.39 is 6.10 Å². The largest absolute Gasteiger partial charge is 0.495 e. The Morgan fingerprint density at radius 2 is 1.83 bits per heavy atom. The molecule has 0 bridgehead atoms. The lowest BCUT2D eigenvalue weighted by Gasteiger charge is -2.35. The molecular formula is C23H31N2O5+. The van der Waals surface area contributed by atoms with Gasteiger partial charge in [-0.3, -0.25) is 0 Å². The van der Waals surface area contributed by atoms with Crippen LogP contribution in [-0.2, 0) is 4.74 Å². The predicted octanol–water partition coefficient (Wildman–Crippen LogP) is 1.02. The zero-order chi connectivity index (χ0) is 21.3. The first-order chi connectivity index (χ1) is 14.6. The Morgan fingerprint density at radius 1 is 1.13 bits per heavy atom. The number of rotatable bonds is 9. The van der Waals surface area contributed by atoms with Crippen LogP contribution in [0.3, 0.4) is 0 Å². The van der Waals surface area contributed by atoms with E-state index in [1.807, 2.05) is 18.2 Å². The number of aliphatic hydroxyl groups excluding tert-OH is 1. The molecule has 1 aliphatic rings.